The highest BCUT2D eigenvalue weighted by Crippen LogP contribution is 2.46. The summed E-state index contributed by atoms with van der Waals surface area (Å²) < 4.78 is 16.4. The standard InChI is InChI=1S/C26H29ClN2O7/c1-34-20-6-3-5-17(25(20)35-2)22-21(23(31)18-15-16(27)7-8-19(18)30)24(32)26(33)29(22)10-4-9-28-11-13-36-14-12-28/h3,5-8,15,22,30-31H,4,9-14H2,1-2H3. The molecule has 4 rings (SSSR count). The Morgan fingerprint density at radius 3 is 2.56 bits per heavy atom. The van der Waals surface area contributed by atoms with Crippen molar-refractivity contribution in [3.63, 3.8) is 0 Å². The van der Waals surface area contributed by atoms with Gasteiger partial charge in [0.1, 0.15) is 11.5 Å². The fourth-order valence-corrected chi connectivity index (χ4v) is 4.87. The average Bonchev–Trinajstić information content (AvgIpc) is 3.14. The zero-order valence-corrected chi connectivity index (χ0v) is 21.0. The highest BCUT2D eigenvalue weighted by molar-refractivity contribution is 6.46. The molecule has 0 aromatic heterocycles. The second-order valence-corrected chi connectivity index (χ2v) is 8.98. The molecule has 0 aliphatic carbocycles. The van der Waals surface area contributed by atoms with E-state index in [2.05, 4.69) is 4.90 Å². The summed E-state index contributed by atoms with van der Waals surface area (Å²) in [5.41, 5.74) is 0.279. The lowest BCUT2D eigenvalue weighted by atomic mass is 9.94. The van der Waals surface area contributed by atoms with Crippen molar-refractivity contribution in [2.75, 3.05) is 53.6 Å². The summed E-state index contributed by atoms with van der Waals surface area (Å²) in [7, 11) is 2.96. The molecule has 9 nitrogen and oxygen atoms in total. The lowest BCUT2D eigenvalue weighted by molar-refractivity contribution is -0.140. The van der Waals surface area contributed by atoms with E-state index in [0.717, 1.165) is 19.6 Å². The molecule has 0 bridgehead atoms. The van der Waals surface area contributed by atoms with Crippen LogP contribution in [0.5, 0.6) is 17.2 Å². The first-order chi connectivity index (χ1) is 17.4. The minimum absolute atomic E-state index is 0.0410. The van der Waals surface area contributed by atoms with E-state index in [1.807, 2.05) is 0 Å². The number of aliphatic hydroxyl groups is 1. The third-order valence-corrected chi connectivity index (χ3v) is 6.69. The molecule has 10 heteroatoms. The number of hydrogen-bond donors (Lipinski definition) is 2. The quantitative estimate of drug-likeness (QED) is 0.313. The van der Waals surface area contributed by atoms with E-state index in [4.69, 9.17) is 25.8 Å². The van der Waals surface area contributed by atoms with Crippen LogP contribution < -0.4 is 9.47 Å². The number of hydrogen-bond acceptors (Lipinski definition) is 8. The van der Waals surface area contributed by atoms with Crippen molar-refractivity contribution in [1.82, 2.24) is 9.80 Å². The lowest BCUT2D eigenvalue weighted by Crippen LogP contribution is -2.39. The first-order valence-corrected chi connectivity index (χ1v) is 12.0. The fourth-order valence-electron chi connectivity index (χ4n) is 4.69. The molecule has 1 amide bonds. The molecule has 2 aliphatic rings. The van der Waals surface area contributed by atoms with Gasteiger partial charge < -0.3 is 29.3 Å². The number of para-hydroxylation sites is 1. The van der Waals surface area contributed by atoms with Crippen LogP contribution in [0.1, 0.15) is 23.6 Å². The average molecular weight is 517 g/mol. The van der Waals surface area contributed by atoms with Crippen molar-refractivity contribution in [2.24, 2.45) is 0 Å². The number of nitrogens with zero attached hydrogens (tertiary/aromatic N) is 2. The minimum atomic E-state index is -0.960. The van der Waals surface area contributed by atoms with E-state index < -0.39 is 23.5 Å². The molecule has 0 spiro atoms. The first kappa shape index (κ1) is 25.8. The molecule has 2 heterocycles. The minimum Gasteiger partial charge on any atom is -0.507 e. The number of likely N-dealkylation sites (tertiary alicyclic amines) is 1. The summed E-state index contributed by atoms with van der Waals surface area (Å²) in [4.78, 5) is 30.2. The SMILES string of the molecule is COc1cccc(C2C(=C(O)c3cc(Cl)ccc3O)C(=O)C(=O)N2CCCN2CCOCC2)c1OC. The fraction of sp³-hybridized carbons (Fsp3) is 0.385. The number of methoxy groups -OCH3 is 2. The van der Waals surface area contributed by atoms with Crippen LogP contribution >= 0.6 is 11.6 Å². The number of halogens is 1. The van der Waals surface area contributed by atoms with E-state index in [9.17, 15) is 19.8 Å². The van der Waals surface area contributed by atoms with Crippen molar-refractivity contribution in [1.29, 1.82) is 0 Å². The molecule has 36 heavy (non-hydrogen) atoms. The van der Waals surface area contributed by atoms with Gasteiger partial charge in [-0.25, -0.2) is 0 Å². The number of phenols is 1. The number of aromatic hydroxyl groups is 1. The molecule has 2 aromatic carbocycles. The van der Waals surface area contributed by atoms with Gasteiger partial charge in [-0.15, -0.1) is 0 Å². The van der Waals surface area contributed by atoms with Crippen LogP contribution in [0.25, 0.3) is 5.76 Å². The number of benzene rings is 2. The maximum absolute atomic E-state index is 13.3. The van der Waals surface area contributed by atoms with Gasteiger partial charge in [0.2, 0.25) is 0 Å². The van der Waals surface area contributed by atoms with Gasteiger partial charge in [-0.3, -0.25) is 14.5 Å². The van der Waals surface area contributed by atoms with Crippen molar-refractivity contribution < 1.29 is 34.0 Å². The predicted molar refractivity (Wildman–Crippen MR) is 134 cm³/mol. The number of Topliss-reactive ketones (excluding diaryl/α,β-unsaturated/α-hetero) is 1. The molecule has 2 aliphatic heterocycles. The van der Waals surface area contributed by atoms with E-state index in [-0.39, 0.29) is 28.5 Å². The van der Waals surface area contributed by atoms with Gasteiger partial charge in [-0.05, 0) is 30.7 Å². The van der Waals surface area contributed by atoms with Crippen LogP contribution in [-0.4, -0.2) is 85.3 Å². The van der Waals surface area contributed by atoms with Crippen molar-refractivity contribution in [2.45, 2.75) is 12.5 Å². The van der Waals surface area contributed by atoms with E-state index in [1.165, 1.54) is 37.3 Å². The van der Waals surface area contributed by atoms with Crippen molar-refractivity contribution in [3.05, 3.63) is 58.1 Å². The Morgan fingerprint density at radius 1 is 1.11 bits per heavy atom. The first-order valence-electron chi connectivity index (χ1n) is 11.7. The van der Waals surface area contributed by atoms with Gasteiger partial charge in [0.25, 0.3) is 11.7 Å². The monoisotopic (exact) mass is 516 g/mol. The summed E-state index contributed by atoms with van der Waals surface area (Å²) in [6, 6.07) is 8.31. The predicted octanol–water partition coefficient (Wildman–Crippen LogP) is 3.21. The Kier molecular flexibility index (Phi) is 8.03. The number of carbonyl (C=O) groups excluding carboxylic acids is 2. The molecule has 2 fully saturated rings. The highest BCUT2D eigenvalue weighted by Gasteiger charge is 2.47. The molecule has 2 saturated heterocycles. The molecule has 192 valence electrons. The number of rotatable bonds is 8. The maximum Gasteiger partial charge on any atom is 0.295 e. The van der Waals surface area contributed by atoms with Gasteiger partial charge >= 0.3 is 0 Å². The zero-order valence-electron chi connectivity index (χ0n) is 20.2. The Morgan fingerprint density at radius 2 is 1.86 bits per heavy atom. The molecular formula is C26H29ClN2O7. The number of carbonyl (C=O) groups is 2. The molecule has 1 unspecified atom stereocenters. The van der Waals surface area contributed by atoms with Gasteiger partial charge in [0.05, 0.1) is 44.6 Å². The number of amides is 1. The third-order valence-electron chi connectivity index (χ3n) is 6.46. The summed E-state index contributed by atoms with van der Waals surface area (Å²) in [6.45, 7) is 3.93. The van der Waals surface area contributed by atoms with Crippen LogP contribution in [0.2, 0.25) is 5.02 Å². The van der Waals surface area contributed by atoms with Crippen LogP contribution in [0.3, 0.4) is 0 Å². The molecular weight excluding hydrogens is 488 g/mol. The van der Waals surface area contributed by atoms with Crippen LogP contribution in [0.15, 0.2) is 42.0 Å². The van der Waals surface area contributed by atoms with Crippen LogP contribution in [0, 0.1) is 0 Å². The normalized spacial score (nSPS) is 20.1. The van der Waals surface area contributed by atoms with E-state index in [0.29, 0.717) is 36.7 Å². The molecule has 2 aromatic rings. The second-order valence-electron chi connectivity index (χ2n) is 8.54. The Hall–Kier alpha value is -3.27. The number of ether oxygens (including phenoxy) is 3. The lowest BCUT2D eigenvalue weighted by Gasteiger charge is -2.30. The number of ketones is 1. The molecule has 1 atom stereocenters. The Labute approximate surface area is 214 Å². The van der Waals surface area contributed by atoms with Gasteiger partial charge in [-0.1, -0.05) is 23.7 Å². The van der Waals surface area contributed by atoms with E-state index in [1.54, 1.807) is 18.2 Å². The van der Waals surface area contributed by atoms with Crippen molar-refractivity contribution in [3.8, 4) is 17.2 Å². The van der Waals surface area contributed by atoms with Crippen molar-refractivity contribution >= 4 is 29.1 Å². The summed E-state index contributed by atoms with van der Waals surface area (Å²) >= 11 is 6.09. The summed E-state index contributed by atoms with van der Waals surface area (Å²) in [6.07, 6.45) is 0.609. The van der Waals surface area contributed by atoms with Gasteiger partial charge in [-0.2, -0.15) is 0 Å². The highest BCUT2D eigenvalue weighted by atomic mass is 35.5. The molecule has 0 saturated carbocycles. The Balaban J connectivity index is 1.79. The smallest absolute Gasteiger partial charge is 0.295 e. The van der Waals surface area contributed by atoms with E-state index >= 15 is 0 Å². The molecule has 2 N–H and O–H groups in total. The maximum atomic E-state index is 13.3. The molecule has 0 radical (unpaired) electrons. The zero-order chi connectivity index (χ0) is 25.8. The second kappa shape index (κ2) is 11.2. The number of aliphatic hydroxyl groups excluding tert-OH is 1. The summed E-state index contributed by atoms with van der Waals surface area (Å²) in [5, 5.41) is 21.9. The van der Waals surface area contributed by atoms with Gasteiger partial charge in [0, 0.05) is 36.8 Å². The third kappa shape index (κ3) is 5.00. The topological polar surface area (TPSA) is 109 Å². The van der Waals surface area contributed by atoms with Gasteiger partial charge in [0.15, 0.2) is 11.5 Å². The van der Waals surface area contributed by atoms with Crippen LogP contribution in [-0.2, 0) is 14.3 Å². The number of morpholine rings is 1. The number of phenolic OH excluding ortho intramolecular Hbond substituents is 1. The summed E-state index contributed by atoms with van der Waals surface area (Å²) in [5.74, 6) is -1.63. The largest absolute Gasteiger partial charge is 0.507 e. The van der Waals surface area contributed by atoms with Crippen LogP contribution in [0.4, 0.5) is 0 Å². The Bertz CT molecular complexity index is 1180.